The third-order valence-corrected chi connectivity index (χ3v) is 3.61. The molecular weight excluding hydrogens is 287 g/mol. The number of alkyl halides is 4. The van der Waals surface area contributed by atoms with Crippen molar-refractivity contribution in [3.63, 3.8) is 0 Å². The molecular formula is C15H21ClF3N. The second-order valence-electron chi connectivity index (χ2n) is 5.24. The van der Waals surface area contributed by atoms with Gasteiger partial charge in [-0.3, -0.25) is 0 Å². The molecule has 0 spiro atoms. The van der Waals surface area contributed by atoms with Crippen molar-refractivity contribution in [2.75, 3.05) is 20.6 Å². The van der Waals surface area contributed by atoms with E-state index in [1.165, 1.54) is 6.07 Å². The molecule has 1 aromatic carbocycles. The van der Waals surface area contributed by atoms with Gasteiger partial charge in [-0.2, -0.15) is 13.2 Å². The van der Waals surface area contributed by atoms with Crippen LogP contribution >= 0.6 is 11.6 Å². The molecule has 0 aliphatic carbocycles. The number of benzene rings is 1. The first-order chi connectivity index (χ1) is 9.30. The predicted molar refractivity (Wildman–Crippen MR) is 77.1 cm³/mol. The molecule has 1 nitrogen and oxygen atoms in total. The van der Waals surface area contributed by atoms with Gasteiger partial charge in [0, 0.05) is 0 Å². The predicted octanol–water partition coefficient (Wildman–Crippen LogP) is 5.11. The molecule has 0 N–H and O–H groups in total. The Kier molecular flexibility index (Phi) is 6.83. The van der Waals surface area contributed by atoms with Gasteiger partial charge in [0.25, 0.3) is 0 Å². The summed E-state index contributed by atoms with van der Waals surface area (Å²) < 4.78 is 37.8. The Morgan fingerprint density at radius 3 is 2.45 bits per heavy atom. The van der Waals surface area contributed by atoms with Crippen molar-refractivity contribution >= 4 is 11.6 Å². The summed E-state index contributed by atoms with van der Waals surface area (Å²) in [4.78, 5) is 2.12. The van der Waals surface area contributed by atoms with Crippen molar-refractivity contribution in [3.05, 3.63) is 35.4 Å². The van der Waals surface area contributed by atoms with Crippen molar-refractivity contribution < 1.29 is 13.2 Å². The minimum absolute atomic E-state index is 0.350. The average Bonchev–Trinajstić information content (AvgIpc) is 2.37. The Hall–Kier alpha value is -0.740. The summed E-state index contributed by atoms with van der Waals surface area (Å²) in [7, 11) is 4.04. The molecule has 0 aromatic heterocycles. The summed E-state index contributed by atoms with van der Waals surface area (Å²) in [5.74, 6) is 0. The third kappa shape index (κ3) is 6.14. The number of hydrogen-bond donors (Lipinski definition) is 0. The van der Waals surface area contributed by atoms with Crippen molar-refractivity contribution in [2.45, 2.75) is 37.2 Å². The summed E-state index contributed by atoms with van der Waals surface area (Å²) in [5, 5.41) is -0.350. The number of nitrogens with zero attached hydrogens (tertiary/aromatic N) is 1. The average molecular weight is 308 g/mol. The van der Waals surface area contributed by atoms with Crippen molar-refractivity contribution in [1.29, 1.82) is 0 Å². The van der Waals surface area contributed by atoms with Gasteiger partial charge in [-0.1, -0.05) is 31.0 Å². The number of unbranched alkanes of at least 4 members (excludes halogenated alkanes) is 2. The molecule has 1 rings (SSSR count). The largest absolute Gasteiger partial charge is 0.416 e. The van der Waals surface area contributed by atoms with Gasteiger partial charge < -0.3 is 4.90 Å². The molecule has 0 heterocycles. The summed E-state index contributed by atoms with van der Waals surface area (Å²) in [6.45, 7) is 1.02. The minimum Gasteiger partial charge on any atom is -0.309 e. The molecule has 0 bridgehead atoms. The van der Waals surface area contributed by atoms with Gasteiger partial charge >= 0.3 is 6.18 Å². The van der Waals surface area contributed by atoms with Crippen LogP contribution < -0.4 is 0 Å². The normalized spacial score (nSPS) is 13.8. The monoisotopic (exact) mass is 307 g/mol. The van der Waals surface area contributed by atoms with E-state index in [1.807, 2.05) is 14.1 Å². The zero-order valence-electron chi connectivity index (χ0n) is 11.9. The highest BCUT2D eigenvalue weighted by molar-refractivity contribution is 6.20. The van der Waals surface area contributed by atoms with Gasteiger partial charge in [-0.05, 0) is 45.1 Å². The standard InChI is InChI=1S/C15H21ClF3N/c1-20(2)10-5-3-4-9-14(16)12-7-6-8-13(11-12)15(17,18)19/h6-8,11,14H,3-5,9-10H2,1-2H3. The van der Waals surface area contributed by atoms with Crippen LogP contribution in [0, 0.1) is 0 Å². The molecule has 114 valence electrons. The Balaban J connectivity index is 2.45. The lowest BCUT2D eigenvalue weighted by Crippen LogP contribution is -2.12. The number of hydrogen-bond acceptors (Lipinski definition) is 1. The smallest absolute Gasteiger partial charge is 0.309 e. The molecule has 0 saturated carbocycles. The lowest BCUT2D eigenvalue weighted by Gasteiger charge is -2.13. The first-order valence-corrected chi connectivity index (χ1v) is 7.20. The van der Waals surface area contributed by atoms with Crippen LogP contribution in [0.25, 0.3) is 0 Å². The topological polar surface area (TPSA) is 3.24 Å². The summed E-state index contributed by atoms with van der Waals surface area (Å²) in [6.07, 6.45) is -0.549. The summed E-state index contributed by atoms with van der Waals surface area (Å²) in [6, 6.07) is 5.30. The zero-order chi connectivity index (χ0) is 15.2. The molecule has 0 saturated heterocycles. The van der Waals surface area contributed by atoms with Crippen LogP contribution in [0.3, 0.4) is 0 Å². The third-order valence-electron chi connectivity index (χ3n) is 3.14. The van der Waals surface area contributed by atoms with E-state index in [-0.39, 0.29) is 5.38 Å². The Bertz CT molecular complexity index is 404. The molecule has 1 atom stereocenters. The van der Waals surface area contributed by atoms with Crippen LogP contribution in [0.5, 0.6) is 0 Å². The Morgan fingerprint density at radius 2 is 1.85 bits per heavy atom. The lowest BCUT2D eigenvalue weighted by molar-refractivity contribution is -0.137. The van der Waals surface area contributed by atoms with Gasteiger partial charge in [0.1, 0.15) is 0 Å². The van der Waals surface area contributed by atoms with Gasteiger partial charge in [-0.25, -0.2) is 0 Å². The fourth-order valence-corrected chi connectivity index (χ4v) is 2.29. The number of halogens is 4. The minimum atomic E-state index is -4.31. The molecule has 1 aromatic rings. The second-order valence-corrected chi connectivity index (χ2v) is 5.77. The van der Waals surface area contributed by atoms with E-state index in [4.69, 9.17) is 11.6 Å². The molecule has 20 heavy (non-hydrogen) atoms. The van der Waals surface area contributed by atoms with E-state index in [1.54, 1.807) is 6.07 Å². The Morgan fingerprint density at radius 1 is 1.15 bits per heavy atom. The van der Waals surface area contributed by atoms with E-state index in [0.717, 1.165) is 37.9 Å². The Labute approximate surface area is 123 Å². The molecule has 5 heteroatoms. The molecule has 0 aliphatic heterocycles. The lowest BCUT2D eigenvalue weighted by atomic mass is 10.0. The van der Waals surface area contributed by atoms with Gasteiger partial charge in [0.15, 0.2) is 0 Å². The van der Waals surface area contributed by atoms with Gasteiger partial charge in [0.2, 0.25) is 0 Å². The van der Waals surface area contributed by atoms with E-state index < -0.39 is 11.7 Å². The molecule has 0 aliphatic rings. The van der Waals surface area contributed by atoms with Crippen LogP contribution in [0.1, 0.15) is 42.2 Å². The van der Waals surface area contributed by atoms with Gasteiger partial charge in [0.05, 0.1) is 10.9 Å². The van der Waals surface area contributed by atoms with Crippen molar-refractivity contribution in [3.8, 4) is 0 Å². The zero-order valence-corrected chi connectivity index (χ0v) is 12.6. The van der Waals surface area contributed by atoms with Crippen LogP contribution in [0.2, 0.25) is 0 Å². The highest BCUT2D eigenvalue weighted by atomic mass is 35.5. The first-order valence-electron chi connectivity index (χ1n) is 6.76. The van der Waals surface area contributed by atoms with E-state index in [2.05, 4.69) is 4.90 Å². The van der Waals surface area contributed by atoms with E-state index in [0.29, 0.717) is 12.0 Å². The maximum atomic E-state index is 12.6. The molecule has 1 unspecified atom stereocenters. The molecule has 0 amide bonds. The highest BCUT2D eigenvalue weighted by Gasteiger charge is 2.30. The quantitative estimate of drug-likeness (QED) is 0.500. The summed E-state index contributed by atoms with van der Waals surface area (Å²) in [5.41, 5.74) is -0.0811. The van der Waals surface area contributed by atoms with Gasteiger partial charge in [-0.15, -0.1) is 11.6 Å². The molecule has 0 radical (unpaired) electrons. The first kappa shape index (κ1) is 17.3. The van der Waals surface area contributed by atoms with Crippen molar-refractivity contribution in [1.82, 2.24) is 4.90 Å². The van der Waals surface area contributed by atoms with E-state index in [9.17, 15) is 13.2 Å². The van der Waals surface area contributed by atoms with Crippen LogP contribution in [0.4, 0.5) is 13.2 Å². The highest BCUT2D eigenvalue weighted by Crippen LogP contribution is 2.33. The second kappa shape index (κ2) is 7.89. The van der Waals surface area contributed by atoms with Crippen LogP contribution in [-0.2, 0) is 6.18 Å². The number of rotatable bonds is 7. The molecule has 0 fully saturated rings. The van der Waals surface area contributed by atoms with Crippen LogP contribution in [0.15, 0.2) is 24.3 Å². The van der Waals surface area contributed by atoms with Crippen LogP contribution in [-0.4, -0.2) is 25.5 Å². The summed E-state index contributed by atoms with van der Waals surface area (Å²) >= 11 is 6.19. The maximum absolute atomic E-state index is 12.6. The van der Waals surface area contributed by atoms with E-state index >= 15 is 0 Å². The fourth-order valence-electron chi connectivity index (χ4n) is 2.00. The SMILES string of the molecule is CN(C)CCCCCC(Cl)c1cccc(C(F)(F)F)c1. The van der Waals surface area contributed by atoms with Crippen molar-refractivity contribution in [2.24, 2.45) is 0 Å². The maximum Gasteiger partial charge on any atom is 0.416 e. The fraction of sp³-hybridized carbons (Fsp3) is 0.600.